The SMILES string of the molecule is FCCNCC1CCCS1. The average Bonchev–Trinajstić information content (AvgIpc) is 2.41. The van der Waals surface area contributed by atoms with Crippen molar-refractivity contribution in [3.8, 4) is 0 Å². The van der Waals surface area contributed by atoms with Gasteiger partial charge in [0.15, 0.2) is 0 Å². The van der Waals surface area contributed by atoms with Crippen LogP contribution in [0.5, 0.6) is 0 Å². The van der Waals surface area contributed by atoms with Crippen LogP contribution in [-0.4, -0.2) is 30.8 Å². The second-order valence-electron chi connectivity index (χ2n) is 2.53. The molecule has 1 nitrogen and oxygen atoms in total. The van der Waals surface area contributed by atoms with E-state index in [9.17, 15) is 4.39 Å². The Labute approximate surface area is 65.8 Å². The van der Waals surface area contributed by atoms with E-state index in [0.29, 0.717) is 6.54 Å². The van der Waals surface area contributed by atoms with Crippen LogP contribution in [0.25, 0.3) is 0 Å². The summed E-state index contributed by atoms with van der Waals surface area (Å²) in [7, 11) is 0. The molecule has 1 heterocycles. The molecular formula is C7H14FNS. The number of rotatable bonds is 4. The smallest absolute Gasteiger partial charge is 0.102 e. The largest absolute Gasteiger partial charge is 0.313 e. The molecule has 60 valence electrons. The van der Waals surface area contributed by atoms with Gasteiger partial charge in [0.05, 0.1) is 0 Å². The lowest BCUT2D eigenvalue weighted by atomic mass is 10.2. The molecule has 0 aliphatic carbocycles. The quantitative estimate of drug-likeness (QED) is 0.629. The average molecular weight is 163 g/mol. The minimum absolute atomic E-state index is 0.239. The summed E-state index contributed by atoms with van der Waals surface area (Å²) in [6.07, 6.45) is 2.65. The predicted molar refractivity (Wildman–Crippen MR) is 44.3 cm³/mol. The Hall–Kier alpha value is 0.240. The zero-order valence-electron chi connectivity index (χ0n) is 6.11. The van der Waals surface area contributed by atoms with Gasteiger partial charge in [0.2, 0.25) is 0 Å². The van der Waals surface area contributed by atoms with Gasteiger partial charge in [-0.2, -0.15) is 11.8 Å². The van der Waals surface area contributed by atoms with Gasteiger partial charge in [-0.05, 0) is 18.6 Å². The molecule has 1 saturated heterocycles. The Morgan fingerprint density at radius 1 is 1.60 bits per heavy atom. The van der Waals surface area contributed by atoms with Crippen molar-refractivity contribution in [1.82, 2.24) is 5.32 Å². The van der Waals surface area contributed by atoms with E-state index < -0.39 is 0 Å². The third-order valence-corrected chi connectivity index (χ3v) is 3.07. The summed E-state index contributed by atoms with van der Waals surface area (Å²) in [4.78, 5) is 0. The molecule has 0 spiro atoms. The number of thioether (sulfide) groups is 1. The minimum atomic E-state index is -0.239. The molecular weight excluding hydrogens is 149 g/mol. The highest BCUT2D eigenvalue weighted by Gasteiger charge is 2.13. The lowest BCUT2D eigenvalue weighted by molar-refractivity contribution is 0.466. The monoisotopic (exact) mass is 163 g/mol. The van der Waals surface area contributed by atoms with Gasteiger partial charge in [-0.1, -0.05) is 0 Å². The number of halogens is 1. The van der Waals surface area contributed by atoms with Crippen molar-refractivity contribution in [2.45, 2.75) is 18.1 Å². The van der Waals surface area contributed by atoms with Crippen LogP contribution in [0.3, 0.4) is 0 Å². The summed E-state index contributed by atoms with van der Waals surface area (Å²) in [5, 5.41) is 3.84. The predicted octanol–water partition coefficient (Wildman–Crippen LogP) is 1.44. The molecule has 0 aromatic carbocycles. The number of hydrogen-bond donors (Lipinski definition) is 1. The van der Waals surface area contributed by atoms with Crippen molar-refractivity contribution in [2.75, 3.05) is 25.5 Å². The van der Waals surface area contributed by atoms with Crippen LogP contribution in [0.4, 0.5) is 4.39 Å². The van der Waals surface area contributed by atoms with Crippen molar-refractivity contribution in [3.05, 3.63) is 0 Å². The van der Waals surface area contributed by atoms with Gasteiger partial charge in [0.25, 0.3) is 0 Å². The van der Waals surface area contributed by atoms with Crippen LogP contribution in [0.15, 0.2) is 0 Å². The summed E-state index contributed by atoms with van der Waals surface area (Å²) < 4.78 is 11.6. The Bertz CT molecular complexity index is 83.7. The first-order valence-corrected chi connectivity index (χ1v) is 4.86. The molecule has 0 aromatic heterocycles. The molecule has 3 heteroatoms. The van der Waals surface area contributed by atoms with Crippen LogP contribution in [-0.2, 0) is 0 Å². The van der Waals surface area contributed by atoms with Crippen molar-refractivity contribution in [3.63, 3.8) is 0 Å². The topological polar surface area (TPSA) is 12.0 Å². The van der Waals surface area contributed by atoms with E-state index in [-0.39, 0.29) is 6.67 Å². The van der Waals surface area contributed by atoms with Crippen LogP contribution in [0, 0.1) is 0 Å². The lowest BCUT2D eigenvalue weighted by Crippen LogP contribution is -2.24. The fraction of sp³-hybridized carbons (Fsp3) is 1.00. The summed E-state index contributed by atoms with van der Waals surface area (Å²) in [6, 6.07) is 0. The second kappa shape index (κ2) is 4.97. The standard InChI is InChI=1S/C7H14FNS/c8-3-4-9-6-7-2-1-5-10-7/h7,9H,1-6H2. The van der Waals surface area contributed by atoms with E-state index in [1.807, 2.05) is 11.8 Å². The van der Waals surface area contributed by atoms with Crippen molar-refractivity contribution in [2.24, 2.45) is 0 Å². The normalized spacial score (nSPS) is 25.5. The molecule has 1 fully saturated rings. The van der Waals surface area contributed by atoms with Crippen LogP contribution in [0.2, 0.25) is 0 Å². The van der Waals surface area contributed by atoms with E-state index in [4.69, 9.17) is 0 Å². The molecule has 10 heavy (non-hydrogen) atoms. The Morgan fingerprint density at radius 3 is 3.10 bits per heavy atom. The maximum atomic E-state index is 11.6. The first-order valence-electron chi connectivity index (χ1n) is 3.82. The van der Waals surface area contributed by atoms with E-state index in [0.717, 1.165) is 11.8 Å². The molecule has 1 unspecified atom stereocenters. The van der Waals surface area contributed by atoms with Crippen molar-refractivity contribution >= 4 is 11.8 Å². The highest BCUT2D eigenvalue weighted by atomic mass is 32.2. The van der Waals surface area contributed by atoms with Gasteiger partial charge < -0.3 is 5.32 Å². The first-order chi connectivity index (χ1) is 4.93. The van der Waals surface area contributed by atoms with E-state index >= 15 is 0 Å². The molecule has 0 radical (unpaired) electrons. The Balaban J connectivity index is 1.91. The van der Waals surface area contributed by atoms with Gasteiger partial charge >= 0.3 is 0 Å². The summed E-state index contributed by atoms with van der Waals surface area (Å²) in [5.41, 5.74) is 0. The minimum Gasteiger partial charge on any atom is -0.313 e. The molecule has 1 aliphatic rings. The van der Waals surface area contributed by atoms with Crippen LogP contribution in [0.1, 0.15) is 12.8 Å². The second-order valence-corrected chi connectivity index (χ2v) is 3.94. The molecule has 0 bridgehead atoms. The third-order valence-electron chi connectivity index (χ3n) is 1.67. The molecule has 0 saturated carbocycles. The molecule has 0 aromatic rings. The zero-order valence-corrected chi connectivity index (χ0v) is 6.92. The Kier molecular flexibility index (Phi) is 4.14. The van der Waals surface area contributed by atoms with Crippen LogP contribution >= 0.6 is 11.8 Å². The first kappa shape index (κ1) is 8.34. The van der Waals surface area contributed by atoms with Gasteiger partial charge in [0.1, 0.15) is 6.67 Å². The lowest BCUT2D eigenvalue weighted by Gasteiger charge is -2.07. The highest BCUT2D eigenvalue weighted by molar-refractivity contribution is 8.00. The van der Waals surface area contributed by atoms with Gasteiger partial charge in [-0.25, -0.2) is 4.39 Å². The fourth-order valence-electron chi connectivity index (χ4n) is 1.14. The Morgan fingerprint density at radius 2 is 2.50 bits per heavy atom. The van der Waals surface area contributed by atoms with E-state index in [1.54, 1.807) is 0 Å². The number of nitrogens with one attached hydrogen (secondary N) is 1. The molecule has 1 N–H and O–H groups in total. The van der Waals surface area contributed by atoms with E-state index in [1.165, 1.54) is 18.6 Å². The van der Waals surface area contributed by atoms with Gasteiger partial charge in [-0.15, -0.1) is 0 Å². The molecule has 1 atom stereocenters. The third kappa shape index (κ3) is 2.88. The van der Waals surface area contributed by atoms with Crippen LogP contribution < -0.4 is 5.32 Å². The summed E-state index contributed by atoms with van der Waals surface area (Å²) >= 11 is 2.01. The highest BCUT2D eigenvalue weighted by Crippen LogP contribution is 2.24. The zero-order chi connectivity index (χ0) is 7.23. The van der Waals surface area contributed by atoms with E-state index in [2.05, 4.69) is 5.32 Å². The fourth-order valence-corrected chi connectivity index (χ4v) is 2.37. The molecule has 0 amide bonds. The summed E-state index contributed by atoms with van der Waals surface area (Å²) in [5.74, 6) is 1.29. The maximum absolute atomic E-state index is 11.6. The van der Waals surface area contributed by atoms with Gasteiger partial charge in [-0.3, -0.25) is 0 Å². The van der Waals surface area contributed by atoms with Crippen molar-refractivity contribution in [1.29, 1.82) is 0 Å². The molecule has 1 rings (SSSR count). The number of alkyl halides is 1. The number of hydrogen-bond acceptors (Lipinski definition) is 2. The molecule has 1 aliphatic heterocycles. The summed E-state index contributed by atoms with van der Waals surface area (Å²) in [6.45, 7) is 1.28. The van der Waals surface area contributed by atoms with Gasteiger partial charge in [0, 0.05) is 18.3 Å². The maximum Gasteiger partial charge on any atom is 0.102 e. The van der Waals surface area contributed by atoms with Crippen molar-refractivity contribution < 1.29 is 4.39 Å².